The second-order valence-electron chi connectivity index (χ2n) is 4.72. The van der Waals surface area contributed by atoms with Crippen LogP contribution in [0.3, 0.4) is 0 Å². The van der Waals surface area contributed by atoms with Gasteiger partial charge in [0.2, 0.25) is 0 Å². The van der Waals surface area contributed by atoms with Gasteiger partial charge in [0.05, 0.1) is 12.2 Å². The summed E-state index contributed by atoms with van der Waals surface area (Å²) in [5, 5.41) is 0. The van der Waals surface area contributed by atoms with Gasteiger partial charge >= 0.3 is 6.18 Å². The summed E-state index contributed by atoms with van der Waals surface area (Å²) in [6.07, 6.45) is -2.32. The summed E-state index contributed by atoms with van der Waals surface area (Å²) in [5.74, 6) is -0.923. The zero-order valence-corrected chi connectivity index (χ0v) is 10.3. The van der Waals surface area contributed by atoms with E-state index in [1.54, 1.807) is 0 Å². The van der Waals surface area contributed by atoms with Gasteiger partial charge in [0.1, 0.15) is 6.29 Å². The Bertz CT molecular complexity index is 437. The fraction of sp³-hybridized carbons (Fsp3) is 0.500. The Morgan fingerprint density at radius 1 is 1.32 bits per heavy atom. The predicted octanol–water partition coefficient (Wildman–Crippen LogP) is 3.41. The van der Waals surface area contributed by atoms with Gasteiger partial charge in [0.15, 0.2) is 0 Å². The number of alkyl halides is 3. The Labute approximate surface area is 109 Å². The maximum absolute atomic E-state index is 13.0. The van der Waals surface area contributed by atoms with Crippen LogP contribution in [-0.4, -0.2) is 19.5 Å². The van der Waals surface area contributed by atoms with Gasteiger partial charge in [-0.3, -0.25) is 0 Å². The third-order valence-electron chi connectivity index (χ3n) is 3.48. The minimum Gasteiger partial charge on any atom is -0.381 e. The van der Waals surface area contributed by atoms with Crippen molar-refractivity contribution in [3.8, 4) is 0 Å². The molecule has 0 N–H and O–H groups in total. The maximum atomic E-state index is 13.0. The van der Waals surface area contributed by atoms with Gasteiger partial charge in [-0.25, -0.2) is 0 Å². The second-order valence-corrected chi connectivity index (χ2v) is 4.72. The molecule has 1 aliphatic rings. The van der Waals surface area contributed by atoms with Crippen LogP contribution in [0.1, 0.15) is 29.9 Å². The van der Waals surface area contributed by atoms with Gasteiger partial charge in [-0.05, 0) is 30.4 Å². The molecular formula is C14H15F3O2. The number of rotatable bonds is 3. The molecule has 1 aromatic rings. The molecule has 2 unspecified atom stereocenters. The fourth-order valence-corrected chi connectivity index (χ4v) is 2.53. The summed E-state index contributed by atoms with van der Waals surface area (Å²) in [5.41, 5.74) is -0.668. The molecule has 1 aromatic carbocycles. The largest absolute Gasteiger partial charge is 0.416 e. The molecule has 1 fully saturated rings. The van der Waals surface area contributed by atoms with Gasteiger partial charge in [0.25, 0.3) is 0 Å². The number of ether oxygens (including phenoxy) is 1. The second kappa shape index (κ2) is 5.74. The van der Waals surface area contributed by atoms with Gasteiger partial charge in [-0.2, -0.15) is 13.2 Å². The van der Waals surface area contributed by atoms with Crippen LogP contribution in [0.2, 0.25) is 0 Å². The van der Waals surface area contributed by atoms with E-state index in [1.807, 2.05) is 0 Å². The lowest BCUT2D eigenvalue weighted by Gasteiger charge is -2.28. The number of halogens is 3. The Kier molecular flexibility index (Phi) is 4.24. The summed E-state index contributed by atoms with van der Waals surface area (Å²) in [6.45, 7) is 0.957. The molecule has 2 atom stereocenters. The van der Waals surface area contributed by atoms with E-state index in [9.17, 15) is 18.0 Å². The van der Waals surface area contributed by atoms with Crippen molar-refractivity contribution in [2.24, 2.45) is 5.92 Å². The zero-order valence-electron chi connectivity index (χ0n) is 10.3. The van der Waals surface area contributed by atoms with Crippen LogP contribution in [-0.2, 0) is 15.7 Å². The van der Waals surface area contributed by atoms with Crippen molar-refractivity contribution in [3.63, 3.8) is 0 Å². The molecule has 1 saturated heterocycles. The van der Waals surface area contributed by atoms with Crippen LogP contribution in [0, 0.1) is 5.92 Å². The molecule has 19 heavy (non-hydrogen) atoms. The Morgan fingerprint density at radius 3 is 2.63 bits per heavy atom. The highest BCUT2D eigenvalue weighted by Crippen LogP contribution is 2.38. The van der Waals surface area contributed by atoms with Gasteiger partial charge in [-0.1, -0.05) is 18.2 Å². The van der Waals surface area contributed by atoms with E-state index in [4.69, 9.17) is 4.74 Å². The van der Waals surface area contributed by atoms with Crippen molar-refractivity contribution in [1.82, 2.24) is 0 Å². The number of hydrogen-bond acceptors (Lipinski definition) is 2. The molecule has 2 rings (SSSR count). The van der Waals surface area contributed by atoms with E-state index in [-0.39, 0.29) is 11.5 Å². The quantitative estimate of drug-likeness (QED) is 0.788. The van der Waals surface area contributed by atoms with Crippen molar-refractivity contribution < 1.29 is 22.7 Å². The summed E-state index contributed by atoms with van der Waals surface area (Å²) in [6, 6.07) is 5.28. The Balaban J connectivity index is 2.35. The van der Waals surface area contributed by atoms with Crippen molar-refractivity contribution in [3.05, 3.63) is 35.4 Å². The van der Waals surface area contributed by atoms with Crippen molar-refractivity contribution in [2.75, 3.05) is 13.2 Å². The molecule has 0 spiro atoms. The molecule has 1 heterocycles. The van der Waals surface area contributed by atoms with E-state index in [2.05, 4.69) is 0 Å². The van der Waals surface area contributed by atoms with Gasteiger partial charge < -0.3 is 9.53 Å². The van der Waals surface area contributed by atoms with E-state index in [1.165, 1.54) is 18.2 Å². The molecule has 0 aromatic heterocycles. The third-order valence-corrected chi connectivity index (χ3v) is 3.48. The Morgan fingerprint density at radius 2 is 2.05 bits per heavy atom. The third kappa shape index (κ3) is 3.15. The topological polar surface area (TPSA) is 26.3 Å². The lowest BCUT2D eigenvalue weighted by Crippen LogP contribution is -2.26. The van der Waals surface area contributed by atoms with Crippen LogP contribution in [0.4, 0.5) is 13.2 Å². The first-order valence-corrected chi connectivity index (χ1v) is 6.23. The lowest BCUT2D eigenvalue weighted by atomic mass is 9.81. The smallest absolute Gasteiger partial charge is 0.381 e. The molecule has 0 radical (unpaired) electrons. The molecule has 0 aliphatic carbocycles. The molecule has 0 amide bonds. The normalized spacial score (nSPS) is 21.9. The average Bonchev–Trinajstić information content (AvgIpc) is 2.40. The van der Waals surface area contributed by atoms with Crippen LogP contribution in [0.5, 0.6) is 0 Å². The van der Waals surface area contributed by atoms with Crippen LogP contribution >= 0.6 is 0 Å². The molecule has 0 bridgehead atoms. The van der Waals surface area contributed by atoms with Crippen molar-refractivity contribution in [2.45, 2.75) is 24.9 Å². The number of aldehydes is 1. The highest BCUT2D eigenvalue weighted by Gasteiger charge is 2.37. The van der Waals surface area contributed by atoms with E-state index in [0.29, 0.717) is 19.5 Å². The summed E-state index contributed by atoms with van der Waals surface area (Å²) < 4.78 is 44.2. The SMILES string of the molecule is O=CC(c1ccccc1C(F)(F)F)C1CCCOC1. The van der Waals surface area contributed by atoms with Crippen LogP contribution in [0.25, 0.3) is 0 Å². The highest BCUT2D eigenvalue weighted by molar-refractivity contribution is 5.64. The summed E-state index contributed by atoms with van der Waals surface area (Å²) >= 11 is 0. The summed E-state index contributed by atoms with van der Waals surface area (Å²) in [4.78, 5) is 11.3. The fourth-order valence-electron chi connectivity index (χ4n) is 2.53. The van der Waals surface area contributed by atoms with Crippen molar-refractivity contribution >= 4 is 6.29 Å². The van der Waals surface area contributed by atoms with E-state index in [0.717, 1.165) is 18.9 Å². The summed E-state index contributed by atoms with van der Waals surface area (Å²) in [7, 11) is 0. The standard InChI is InChI=1S/C14H15F3O2/c15-14(16,17)13-6-2-1-5-11(13)12(8-18)10-4-3-7-19-9-10/h1-2,5-6,8,10,12H,3-4,7,9H2. The molecule has 0 saturated carbocycles. The lowest BCUT2D eigenvalue weighted by molar-refractivity contribution is -0.138. The maximum Gasteiger partial charge on any atom is 0.416 e. The molecular weight excluding hydrogens is 257 g/mol. The minimum absolute atomic E-state index is 0.0560. The van der Waals surface area contributed by atoms with Crippen molar-refractivity contribution in [1.29, 1.82) is 0 Å². The highest BCUT2D eigenvalue weighted by atomic mass is 19.4. The monoisotopic (exact) mass is 272 g/mol. The van der Waals surface area contributed by atoms with Gasteiger partial charge in [0, 0.05) is 12.5 Å². The first-order valence-electron chi connectivity index (χ1n) is 6.23. The molecule has 5 heteroatoms. The molecule has 1 aliphatic heterocycles. The first-order chi connectivity index (χ1) is 9.04. The number of carbonyl (C=O) groups is 1. The Hall–Kier alpha value is -1.36. The zero-order chi connectivity index (χ0) is 13.9. The van der Waals surface area contributed by atoms with Crippen LogP contribution in [0.15, 0.2) is 24.3 Å². The average molecular weight is 272 g/mol. The molecule has 2 nitrogen and oxygen atoms in total. The van der Waals surface area contributed by atoms with E-state index < -0.39 is 17.7 Å². The van der Waals surface area contributed by atoms with Gasteiger partial charge in [-0.15, -0.1) is 0 Å². The number of hydrogen-bond donors (Lipinski definition) is 0. The first kappa shape index (κ1) is 14.1. The predicted molar refractivity (Wildman–Crippen MR) is 63.8 cm³/mol. The molecule has 104 valence electrons. The number of carbonyl (C=O) groups excluding carboxylic acids is 1. The minimum atomic E-state index is -4.44. The van der Waals surface area contributed by atoms with Crippen LogP contribution < -0.4 is 0 Å². The van der Waals surface area contributed by atoms with E-state index >= 15 is 0 Å². The number of benzene rings is 1.